The van der Waals surface area contributed by atoms with Gasteiger partial charge in [0.05, 0.1) is 11.6 Å². The minimum atomic E-state index is -0.0341. The summed E-state index contributed by atoms with van der Waals surface area (Å²) >= 11 is 6.20. The van der Waals surface area contributed by atoms with Crippen molar-refractivity contribution in [1.82, 2.24) is 9.88 Å². The zero-order valence-electron chi connectivity index (χ0n) is 12.0. The highest BCUT2D eigenvalue weighted by Gasteiger charge is 2.03. The molecule has 0 aliphatic heterocycles. The molecule has 1 aromatic heterocycles. The summed E-state index contributed by atoms with van der Waals surface area (Å²) in [7, 11) is 0. The predicted octanol–water partition coefficient (Wildman–Crippen LogP) is 2.69. The van der Waals surface area contributed by atoms with Gasteiger partial charge in [-0.05, 0) is 30.3 Å². The van der Waals surface area contributed by atoms with Crippen molar-refractivity contribution in [3.05, 3.63) is 63.5 Å². The van der Waals surface area contributed by atoms with E-state index in [2.05, 4.69) is 12.2 Å². The Kier molecular flexibility index (Phi) is 5.84. The van der Waals surface area contributed by atoms with Gasteiger partial charge in [0.25, 0.3) is 5.56 Å². The maximum absolute atomic E-state index is 11.5. The van der Waals surface area contributed by atoms with Gasteiger partial charge in [0, 0.05) is 18.8 Å². The Balaban J connectivity index is 1.91. The number of halogens is 1. The molecule has 2 aromatic rings. The summed E-state index contributed by atoms with van der Waals surface area (Å²) in [5.41, 5.74) is 1.08. The van der Waals surface area contributed by atoms with E-state index in [9.17, 15) is 4.79 Å². The molecule has 0 bridgehead atoms. The van der Waals surface area contributed by atoms with Gasteiger partial charge in [-0.1, -0.05) is 30.7 Å². The maximum atomic E-state index is 11.5. The first-order chi connectivity index (χ1) is 10.2. The van der Waals surface area contributed by atoms with Crippen LogP contribution in [0.15, 0.2) is 47.4 Å². The Morgan fingerprint density at radius 1 is 1.29 bits per heavy atom. The zero-order valence-corrected chi connectivity index (χ0v) is 12.8. The predicted molar refractivity (Wildman–Crippen MR) is 85.0 cm³/mol. The van der Waals surface area contributed by atoms with Crippen LogP contribution in [0.25, 0.3) is 0 Å². The van der Waals surface area contributed by atoms with E-state index in [1.54, 1.807) is 16.8 Å². The Labute approximate surface area is 129 Å². The van der Waals surface area contributed by atoms with Crippen LogP contribution in [0.3, 0.4) is 0 Å². The number of nitrogens with zero attached hydrogens (tertiary/aromatic N) is 1. The third kappa shape index (κ3) is 4.62. The molecule has 1 N–H and O–H groups in total. The lowest BCUT2D eigenvalue weighted by Gasteiger charge is -2.11. The Morgan fingerprint density at radius 2 is 2.14 bits per heavy atom. The Hall–Kier alpha value is -1.78. The van der Waals surface area contributed by atoms with Crippen LogP contribution >= 0.6 is 11.6 Å². The van der Waals surface area contributed by atoms with Gasteiger partial charge in [0.2, 0.25) is 0 Å². The lowest BCUT2D eigenvalue weighted by atomic mass is 10.2. The zero-order chi connectivity index (χ0) is 15.1. The summed E-state index contributed by atoms with van der Waals surface area (Å²) in [6.07, 6.45) is 1.74. The number of hydrogen-bond donors (Lipinski definition) is 1. The van der Waals surface area contributed by atoms with Crippen molar-refractivity contribution in [3.8, 4) is 5.75 Å². The van der Waals surface area contributed by atoms with Crippen LogP contribution in [0, 0.1) is 0 Å². The van der Waals surface area contributed by atoms with E-state index >= 15 is 0 Å². The monoisotopic (exact) mass is 306 g/mol. The SMILES string of the molecule is CCNCc1ccc(OCCn2ccccc2=O)c(Cl)c1. The van der Waals surface area contributed by atoms with Gasteiger partial charge >= 0.3 is 0 Å². The van der Waals surface area contributed by atoms with Gasteiger partial charge in [-0.2, -0.15) is 0 Å². The molecule has 0 amide bonds. The molecule has 0 saturated carbocycles. The minimum absolute atomic E-state index is 0.0341. The molecule has 0 aliphatic carbocycles. The van der Waals surface area contributed by atoms with Crippen LogP contribution < -0.4 is 15.6 Å². The van der Waals surface area contributed by atoms with Crippen LogP contribution in [0.5, 0.6) is 5.75 Å². The molecule has 0 fully saturated rings. The molecular formula is C16H19ClN2O2. The molecule has 0 spiro atoms. The molecular weight excluding hydrogens is 288 g/mol. The highest BCUT2D eigenvalue weighted by atomic mass is 35.5. The van der Waals surface area contributed by atoms with E-state index in [0.29, 0.717) is 23.9 Å². The van der Waals surface area contributed by atoms with Crippen LogP contribution in [0.1, 0.15) is 12.5 Å². The minimum Gasteiger partial charge on any atom is -0.490 e. The topological polar surface area (TPSA) is 43.3 Å². The number of rotatable bonds is 7. The summed E-state index contributed by atoms with van der Waals surface area (Å²) in [6.45, 7) is 4.66. The van der Waals surface area contributed by atoms with E-state index < -0.39 is 0 Å². The summed E-state index contributed by atoms with van der Waals surface area (Å²) in [5, 5.41) is 3.83. The number of pyridine rings is 1. The van der Waals surface area contributed by atoms with E-state index in [0.717, 1.165) is 18.7 Å². The molecule has 0 unspecified atom stereocenters. The quantitative estimate of drug-likeness (QED) is 0.855. The molecule has 2 rings (SSSR count). The van der Waals surface area contributed by atoms with Crippen LogP contribution in [-0.4, -0.2) is 17.7 Å². The molecule has 0 aliphatic rings. The lowest BCUT2D eigenvalue weighted by molar-refractivity contribution is 0.296. The molecule has 0 saturated heterocycles. The van der Waals surface area contributed by atoms with E-state index in [-0.39, 0.29) is 5.56 Å². The van der Waals surface area contributed by atoms with Crippen molar-refractivity contribution >= 4 is 11.6 Å². The van der Waals surface area contributed by atoms with Crippen molar-refractivity contribution in [3.63, 3.8) is 0 Å². The first kappa shape index (κ1) is 15.6. The molecule has 112 valence electrons. The van der Waals surface area contributed by atoms with Gasteiger partial charge in [0.15, 0.2) is 0 Å². The Morgan fingerprint density at radius 3 is 2.86 bits per heavy atom. The lowest BCUT2D eigenvalue weighted by Crippen LogP contribution is -2.21. The average molecular weight is 307 g/mol. The van der Waals surface area contributed by atoms with E-state index in [1.807, 2.05) is 24.3 Å². The molecule has 4 nitrogen and oxygen atoms in total. The summed E-state index contributed by atoms with van der Waals surface area (Å²) in [4.78, 5) is 11.5. The van der Waals surface area contributed by atoms with Crippen molar-refractivity contribution < 1.29 is 4.74 Å². The summed E-state index contributed by atoms with van der Waals surface area (Å²) in [6, 6.07) is 10.8. The fourth-order valence-electron chi connectivity index (χ4n) is 1.94. The first-order valence-electron chi connectivity index (χ1n) is 6.98. The van der Waals surface area contributed by atoms with Gasteiger partial charge < -0.3 is 14.6 Å². The van der Waals surface area contributed by atoms with Crippen LogP contribution in [0.4, 0.5) is 0 Å². The second kappa shape index (κ2) is 7.86. The average Bonchev–Trinajstić information content (AvgIpc) is 2.49. The summed E-state index contributed by atoms with van der Waals surface area (Å²) < 4.78 is 7.25. The number of aromatic nitrogens is 1. The normalized spacial score (nSPS) is 10.6. The second-order valence-corrected chi connectivity index (χ2v) is 5.03. The van der Waals surface area contributed by atoms with Crippen LogP contribution in [0.2, 0.25) is 5.02 Å². The van der Waals surface area contributed by atoms with Gasteiger partial charge in [0.1, 0.15) is 12.4 Å². The fraction of sp³-hybridized carbons (Fsp3) is 0.312. The van der Waals surface area contributed by atoms with Gasteiger partial charge in [-0.25, -0.2) is 0 Å². The highest BCUT2D eigenvalue weighted by Crippen LogP contribution is 2.25. The summed E-state index contributed by atoms with van der Waals surface area (Å²) in [5.74, 6) is 0.640. The van der Waals surface area contributed by atoms with E-state index in [4.69, 9.17) is 16.3 Å². The maximum Gasteiger partial charge on any atom is 0.250 e. The standard InChI is InChI=1S/C16H19ClN2O2/c1-2-18-12-13-6-7-15(14(17)11-13)21-10-9-19-8-4-3-5-16(19)20/h3-8,11,18H,2,9-10,12H2,1H3. The smallest absolute Gasteiger partial charge is 0.250 e. The van der Waals surface area contributed by atoms with Crippen molar-refractivity contribution in [2.75, 3.05) is 13.2 Å². The van der Waals surface area contributed by atoms with Gasteiger partial charge in [-0.3, -0.25) is 4.79 Å². The highest BCUT2D eigenvalue weighted by molar-refractivity contribution is 6.32. The molecule has 1 aromatic carbocycles. The fourth-order valence-corrected chi connectivity index (χ4v) is 2.20. The third-order valence-corrected chi connectivity index (χ3v) is 3.36. The third-order valence-electron chi connectivity index (χ3n) is 3.06. The molecule has 21 heavy (non-hydrogen) atoms. The van der Waals surface area contributed by atoms with Crippen molar-refractivity contribution in [2.24, 2.45) is 0 Å². The molecule has 0 atom stereocenters. The van der Waals surface area contributed by atoms with Crippen molar-refractivity contribution in [1.29, 1.82) is 0 Å². The van der Waals surface area contributed by atoms with Crippen LogP contribution in [-0.2, 0) is 13.1 Å². The number of benzene rings is 1. The first-order valence-corrected chi connectivity index (χ1v) is 7.36. The molecule has 0 radical (unpaired) electrons. The number of hydrogen-bond acceptors (Lipinski definition) is 3. The molecule has 5 heteroatoms. The second-order valence-electron chi connectivity index (χ2n) is 4.63. The van der Waals surface area contributed by atoms with E-state index in [1.165, 1.54) is 6.07 Å². The largest absolute Gasteiger partial charge is 0.490 e. The number of ether oxygens (including phenoxy) is 1. The van der Waals surface area contributed by atoms with Gasteiger partial charge in [-0.15, -0.1) is 0 Å². The van der Waals surface area contributed by atoms with Crippen molar-refractivity contribution in [2.45, 2.75) is 20.0 Å². The molecule has 1 heterocycles. The Bertz CT molecular complexity index is 640. The number of nitrogens with one attached hydrogen (secondary N) is 1.